The summed E-state index contributed by atoms with van der Waals surface area (Å²) in [6.45, 7) is 9.72. The van der Waals surface area contributed by atoms with Crippen LogP contribution in [-0.4, -0.2) is 0 Å². The predicted octanol–water partition coefficient (Wildman–Crippen LogP) is 1.50. The van der Waals surface area contributed by atoms with Crippen molar-refractivity contribution in [1.29, 1.82) is 0 Å². The summed E-state index contributed by atoms with van der Waals surface area (Å²) in [7, 11) is 0. The van der Waals surface area contributed by atoms with E-state index in [4.69, 9.17) is 5.73 Å². The molecule has 0 bridgehead atoms. The van der Waals surface area contributed by atoms with Crippen LogP contribution in [0.1, 0.15) is 20.8 Å². The molecule has 1 nitrogen and oxygen atoms in total. The van der Waals surface area contributed by atoms with Gasteiger partial charge in [-0.1, -0.05) is 27.4 Å². The Labute approximate surface area is 45.2 Å². The minimum absolute atomic E-state index is 0.0833. The maximum absolute atomic E-state index is 5.38. The van der Waals surface area contributed by atoms with Crippen molar-refractivity contribution < 1.29 is 0 Å². The molecule has 0 fully saturated rings. The fraction of sp³-hybridized carbons (Fsp3) is 0.667. The van der Waals surface area contributed by atoms with E-state index in [0.717, 1.165) is 5.70 Å². The smallest absolute Gasteiger partial charge is 0.00621 e. The first-order valence-electron chi connectivity index (χ1n) is 2.39. The Morgan fingerprint density at radius 1 is 1.43 bits per heavy atom. The second-order valence-electron chi connectivity index (χ2n) is 2.78. The zero-order valence-electron chi connectivity index (χ0n) is 5.28. The van der Waals surface area contributed by atoms with Crippen molar-refractivity contribution in [3.63, 3.8) is 0 Å². The van der Waals surface area contributed by atoms with Gasteiger partial charge in [-0.3, -0.25) is 0 Å². The molecule has 0 rings (SSSR count). The highest BCUT2D eigenvalue weighted by molar-refractivity contribution is 4.98. The summed E-state index contributed by atoms with van der Waals surface area (Å²) < 4.78 is 0. The van der Waals surface area contributed by atoms with Gasteiger partial charge in [0.1, 0.15) is 0 Å². The average Bonchev–Trinajstić information content (AvgIpc) is 1.31. The average molecular weight is 99.2 g/mol. The number of rotatable bonds is 0. The van der Waals surface area contributed by atoms with Gasteiger partial charge >= 0.3 is 0 Å². The molecule has 0 saturated carbocycles. The molecule has 0 aliphatic carbocycles. The van der Waals surface area contributed by atoms with Gasteiger partial charge in [0.2, 0.25) is 0 Å². The van der Waals surface area contributed by atoms with Crippen molar-refractivity contribution in [2.24, 2.45) is 11.1 Å². The van der Waals surface area contributed by atoms with Crippen LogP contribution in [0.15, 0.2) is 12.3 Å². The molecule has 0 heterocycles. The fourth-order valence-corrected chi connectivity index (χ4v) is 0. The highest BCUT2D eigenvalue weighted by Gasteiger charge is 2.09. The second-order valence-corrected chi connectivity index (χ2v) is 2.78. The monoisotopic (exact) mass is 99.1 g/mol. The summed E-state index contributed by atoms with van der Waals surface area (Å²) in [6.07, 6.45) is 0. The Morgan fingerprint density at radius 2 is 1.57 bits per heavy atom. The molecule has 0 radical (unpaired) electrons. The summed E-state index contributed by atoms with van der Waals surface area (Å²) >= 11 is 0. The minimum Gasteiger partial charge on any atom is -0.402 e. The van der Waals surface area contributed by atoms with E-state index in [1.54, 1.807) is 0 Å². The SMILES string of the molecule is C=C(N)C(C)(C)C. The summed E-state index contributed by atoms with van der Waals surface area (Å²) in [6, 6.07) is 0. The van der Waals surface area contributed by atoms with Crippen LogP contribution in [0.5, 0.6) is 0 Å². The third-order valence-electron chi connectivity index (χ3n) is 0.963. The lowest BCUT2D eigenvalue weighted by atomic mass is 9.94. The van der Waals surface area contributed by atoms with E-state index in [0.29, 0.717) is 0 Å². The molecule has 42 valence electrons. The predicted molar refractivity (Wildman–Crippen MR) is 32.8 cm³/mol. The topological polar surface area (TPSA) is 26.0 Å². The lowest BCUT2D eigenvalue weighted by Gasteiger charge is -2.16. The van der Waals surface area contributed by atoms with Gasteiger partial charge in [-0.15, -0.1) is 0 Å². The third-order valence-corrected chi connectivity index (χ3v) is 0.963. The van der Waals surface area contributed by atoms with Gasteiger partial charge in [0.05, 0.1) is 0 Å². The number of allylic oxidation sites excluding steroid dienone is 1. The van der Waals surface area contributed by atoms with Gasteiger partial charge < -0.3 is 5.73 Å². The van der Waals surface area contributed by atoms with E-state index in [2.05, 4.69) is 6.58 Å². The van der Waals surface area contributed by atoms with Crippen LogP contribution in [0.25, 0.3) is 0 Å². The van der Waals surface area contributed by atoms with Gasteiger partial charge in [0.25, 0.3) is 0 Å². The zero-order chi connectivity index (χ0) is 6.08. The Bertz CT molecular complexity index is 76.7. The van der Waals surface area contributed by atoms with E-state index in [1.165, 1.54) is 0 Å². The Morgan fingerprint density at radius 3 is 1.57 bits per heavy atom. The Hall–Kier alpha value is -0.460. The van der Waals surface area contributed by atoms with Gasteiger partial charge in [0.15, 0.2) is 0 Å². The summed E-state index contributed by atoms with van der Waals surface area (Å²) in [5.74, 6) is 0. The highest BCUT2D eigenvalue weighted by atomic mass is 14.6. The third kappa shape index (κ3) is 2.26. The largest absolute Gasteiger partial charge is 0.402 e. The molecule has 0 aromatic heterocycles. The van der Waals surface area contributed by atoms with Crippen LogP contribution in [0, 0.1) is 5.41 Å². The number of nitrogens with two attached hydrogens (primary N) is 1. The van der Waals surface area contributed by atoms with Crippen LogP contribution >= 0.6 is 0 Å². The maximum atomic E-state index is 5.38. The molecule has 7 heavy (non-hydrogen) atoms. The molecule has 0 aliphatic rings. The molecule has 0 saturated heterocycles. The molecule has 1 heteroatoms. The van der Waals surface area contributed by atoms with Crippen LogP contribution in [0.4, 0.5) is 0 Å². The highest BCUT2D eigenvalue weighted by Crippen LogP contribution is 2.17. The van der Waals surface area contributed by atoms with Gasteiger partial charge in [-0.05, 0) is 0 Å². The lowest BCUT2D eigenvalue weighted by molar-refractivity contribution is 0.500. The van der Waals surface area contributed by atoms with Crippen molar-refractivity contribution in [2.75, 3.05) is 0 Å². The molecule has 0 aliphatic heterocycles. The zero-order valence-corrected chi connectivity index (χ0v) is 5.28. The molecule has 0 aromatic rings. The molecule has 0 unspecified atom stereocenters. The summed E-state index contributed by atoms with van der Waals surface area (Å²) in [5.41, 5.74) is 6.20. The lowest BCUT2D eigenvalue weighted by Crippen LogP contribution is -2.14. The van der Waals surface area contributed by atoms with Crippen LogP contribution in [0.2, 0.25) is 0 Å². The first-order chi connectivity index (χ1) is 2.94. The molecular weight excluding hydrogens is 86.1 g/mol. The second kappa shape index (κ2) is 1.57. The molecular formula is C6H13N. The van der Waals surface area contributed by atoms with Crippen molar-refractivity contribution in [1.82, 2.24) is 0 Å². The van der Waals surface area contributed by atoms with Crippen molar-refractivity contribution in [3.8, 4) is 0 Å². The van der Waals surface area contributed by atoms with Crippen molar-refractivity contribution in [3.05, 3.63) is 12.3 Å². The van der Waals surface area contributed by atoms with Crippen molar-refractivity contribution >= 4 is 0 Å². The van der Waals surface area contributed by atoms with E-state index < -0.39 is 0 Å². The summed E-state index contributed by atoms with van der Waals surface area (Å²) in [5, 5.41) is 0. The molecule has 0 atom stereocenters. The Kier molecular flexibility index (Phi) is 1.46. The first-order valence-corrected chi connectivity index (χ1v) is 2.39. The van der Waals surface area contributed by atoms with E-state index in [-0.39, 0.29) is 5.41 Å². The standard InChI is InChI=1S/C6H13N/c1-5(7)6(2,3)4/h1,7H2,2-4H3. The molecule has 0 spiro atoms. The van der Waals surface area contributed by atoms with E-state index >= 15 is 0 Å². The Balaban J connectivity index is 3.79. The van der Waals surface area contributed by atoms with Gasteiger partial charge in [-0.25, -0.2) is 0 Å². The summed E-state index contributed by atoms with van der Waals surface area (Å²) in [4.78, 5) is 0. The fourth-order valence-electron chi connectivity index (χ4n) is 0. The quantitative estimate of drug-likeness (QED) is 0.489. The van der Waals surface area contributed by atoms with Crippen LogP contribution < -0.4 is 5.73 Å². The van der Waals surface area contributed by atoms with E-state index in [9.17, 15) is 0 Å². The molecule has 0 amide bonds. The van der Waals surface area contributed by atoms with Crippen molar-refractivity contribution in [2.45, 2.75) is 20.8 Å². The van der Waals surface area contributed by atoms with Crippen LogP contribution in [-0.2, 0) is 0 Å². The maximum Gasteiger partial charge on any atom is 0.00621 e. The van der Waals surface area contributed by atoms with Crippen LogP contribution in [0.3, 0.4) is 0 Å². The van der Waals surface area contributed by atoms with Gasteiger partial charge in [-0.2, -0.15) is 0 Å². The minimum atomic E-state index is 0.0833. The first kappa shape index (κ1) is 6.54. The van der Waals surface area contributed by atoms with E-state index in [1.807, 2.05) is 20.8 Å². The molecule has 0 aromatic carbocycles. The number of hydrogen-bond donors (Lipinski definition) is 1. The normalized spacial score (nSPS) is 11.3. The molecule has 2 N–H and O–H groups in total. The number of hydrogen-bond acceptors (Lipinski definition) is 1. The van der Waals surface area contributed by atoms with Gasteiger partial charge in [0, 0.05) is 11.1 Å².